The molecule has 0 aromatic heterocycles. The summed E-state index contributed by atoms with van der Waals surface area (Å²) in [5.41, 5.74) is -1.89. The summed E-state index contributed by atoms with van der Waals surface area (Å²) in [6.07, 6.45) is -4.49. The highest BCUT2D eigenvalue weighted by Crippen LogP contribution is 2.71. The molecule has 3 aliphatic carbocycles. The quantitative estimate of drug-likeness (QED) is 0.359. The Bertz CT molecular complexity index is 1510. The van der Waals surface area contributed by atoms with Gasteiger partial charge in [-0.05, 0) is 62.9 Å². The highest BCUT2D eigenvalue weighted by atomic mass is 35.5. The number of aromatic hydroxyl groups is 1. The summed E-state index contributed by atoms with van der Waals surface area (Å²) in [4.78, 5) is 17.0. The van der Waals surface area contributed by atoms with Crippen LogP contribution in [0, 0.1) is 11.2 Å². The number of benzene rings is 2. The number of carbonyl (C=O) groups excluding carboxylic acids is 1. The molecule has 3 saturated carbocycles. The van der Waals surface area contributed by atoms with Crippen LogP contribution in [0.1, 0.15) is 45.1 Å². The maximum absolute atomic E-state index is 14.2. The normalized spacial score (nSPS) is 26.5. The van der Waals surface area contributed by atoms with E-state index in [1.165, 1.54) is 46.8 Å². The fourth-order valence-corrected chi connectivity index (χ4v) is 8.09. The standard InChI is InChI=1S/C27H29ClF4N4O4S/c1-24(2)21(22(38)33-10-9-27(30,31)32)34-23(35-24)25-13-26(14-25,15-25)36(12-16-7-8-17(28)18(29)11-16)41(39,40)20-6-4-3-5-19(20)37/h3-8,11,21,37H,9-10,12-15H2,1-2H3,(H,33,38)(H,34,35)/t21-,25?,26?/m0/s1. The van der Waals surface area contributed by atoms with Crippen molar-refractivity contribution in [2.45, 2.75) is 74.3 Å². The van der Waals surface area contributed by atoms with Gasteiger partial charge in [-0.3, -0.25) is 9.79 Å². The summed E-state index contributed by atoms with van der Waals surface area (Å²) in [6.45, 7) is 2.72. The predicted molar refractivity (Wildman–Crippen MR) is 143 cm³/mol. The monoisotopic (exact) mass is 616 g/mol. The molecule has 3 N–H and O–H groups in total. The van der Waals surface area contributed by atoms with Crippen LogP contribution in [0.3, 0.4) is 0 Å². The summed E-state index contributed by atoms with van der Waals surface area (Å²) in [5, 5.41) is 15.8. The van der Waals surface area contributed by atoms with Gasteiger partial charge in [-0.25, -0.2) is 12.8 Å². The maximum Gasteiger partial charge on any atom is 0.390 e. The van der Waals surface area contributed by atoms with Crippen LogP contribution >= 0.6 is 11.6 Å². The second-order valence-electron chi connectivity index (χ2n) is 11.6. The van der Waals surface area contributed by atoms with E-state index in [-0.39, 0.29) is 16.5 Å². The summed E-state index contributed by atoms with van der Waals surface area (Å²) >= 11 is 5.82. The van der Waals surface area contributed by atoms with Gasteiger partial charge in [-0.1, -0.05) is 29.8 Å². The van der Waals surface area contributed by atoms with Gasteiger partial charge in [0.1, 0.15) is 22.3 Å². The van der Waals surface area contributed by atoms with Crippen LogP contribution in [-0.4, -0.2) is 59.4 Å². The fraction of sp³-hybridized carbons (Fsp3) is 0.481. The van der Waals surface area contributed by atoms with Gasteiger partial charge in [0.15, 0.2) is 6.04 Å². The third kappa shape index (κ3) is 5.27. The number of amides is 1. The van der Waals surface area contributed by atoms with Crippen molar-refractivity contribution in [3.8, 4) is 5.75 Å². The van der Waals surface area contributed by atoms with E-state index in [1.54, 1.807) is 13.8 Å². The Balaban J connectivity index is 1.38. The second-order valence-corrected chi connectivity index (χ2v) is 13.9. The first-order chi connectivity index (χ1) is 19.0. The molecule has 2 aromatic rings. The number of rotatable bonds is 9. The van der Waals surface area contributed by atoms with Crippen LogP contribution < -0.4 is 10.6 Å². The minimum absolute atomic E-state index is 0.0988. The first kappa shape index (κ1) is 29.6. The molecule has 0 spiro atoms. The highest BCUT2D eigenvalue weighted by Gasteiger charge is 2.75. The Kier molecular flexibility index (Phi) is 7.10. The van der Waals surface area contributed by atoms with Crippen molar-refractivity contribution in [3.63, 3.8) is 0 Å². The first-order valence-electron chi connectivity index (χ1n) is 12.9. The number of amidine groups is 1. The van der Waals surface area contributed by atoms with Crippen LogP contribution in [0.4, 0.5) is 17.6 Å². The number of phenols is 1. The topological polar surface area (TPSA) is 111 Å². The Morgan fingerprint density at radius 3 is 2.46 bits per heavy atom. The molecule has 2 bridgehead atoms. The van der Waals surface area contributed by atoms with Gasteiger partial charge in [-0.2, -0.15) is 17.5 Å². The van der Waals surface area contributed by atoms with Crippen LogP contribution in [0.2, 0.25) is 5.02 Å². The number of nitrogens with zero attached hydrogens (tertiary/aromatic N) is 2. The van der Waals surface area contributed by atoms with Gasteiger partial charge in [-0.15, -0.1) is 0 Å². The van der Waals surface area contributed by atoms with Crippen LogP contribution in [0.5, 0.6) is 5.75 Å². The fourth-order valence-electron chi connectivity index (χ4n) is 6.13. The van der Waals surface area contributed by atoms with E-state index in [0.29, 0.717) is 30.7 Å². The van der Waals surface area contributed by atoms with Gasteiger partial charge < -0.3 is 15.7 Å². The average Bonchev–Trinajstić information content (AvgIpc) is 3.13. The SMILES string of the molecule is CC1(C)NC(C23CC(N(Cc4ccc(Cl)c(F)c4)S(=O)(=O)c4ccccc4O)(C2)C3)=N[C@H]1C(=O)NCCC(F)(F)F. The number of carbonyl (C=O) groups is 1. The van der Waals surface area contributed by atoms with Crippen LogP contribution in [0.15, 0.2) is 52.4 Å². The zero-order valence-electron chi connectivity index (χ0n) is 22.2. The Hall–Kier alpha value is -2.90. The Morgan fingerprint density at radius 1 is 1.20 bits per heavy atom. The van der Waals surface area contributed by atoms with E-state index in [0.717, 1.165) is 0 Å². The molecule has 0 radical (unpaired) electrons. The van der Waals surface area contributed by atoms with Crippen LogP contribution in [-0.2, 0) is 21.4 Å². The highest BCUT2D eigenvalue weighted by molar-refractivity contribution is 7.89. The smallest absolute Gasteiger partial charge is 0.390 e. The summed E-state index contributed by atoms with van der Waals surface area (Å²) in [7, 11) is -4.24. The molecule has 1 amide bonds. The molecular formula is C27H29ClF4N4O4S. The maximum atomic E-state index is 14.2. The molecule has 2 aromatic carbocycles. The number of hydrogen-bond donors (Lipinski definition) is 3. The number of sulfonamides is 1. The van der Waals surface area contributed by atoms with E-state index in [1.807, 2.05) is 0 Å². The predicted octanol–water partition coefficient (Wildman–Crippen LogP) is 4.52. The van der Waals surface area contributed by atoms with E-state index in [4.69, 9.17) is 11.6 Å². The summed E-state index contributed by atoms with van der Waals surface area (Å²) < 4.78 is 80.9. The molecule has 8 nitrogen and oxygen atoms in total. The zero-order chi connectivity index (χ0) is 30.0. The minimum Gasteiger partial charge on any atom is -0.507 e. The lowest BCUT2D eigenvalue weighted by Gasteiger charge is -2.73. The molecule has 1 heterocycles. The molecule has 14 heteroatoms. The Morgan fingerprint density at radius 2 is 1.85 bits per heavy atom. The zero-order valence-corrected chi connectivity index (χ0v) is 23.8. The number of hydrogen-bond acceptors (Lipinski definition) is 6. The molecule has 0 saturated heterocycles. The third-order valence-corrected chi connectivity index (χ3v) is 10.4. The molecule has 6 rings (SSSR count). The van der Waals surface area contributed by atoms with Crippen molar-refractivity contribution >= 4 is 33.4 Å². The van der Waals surface area contributed by atoms with Crippen molar-refractivity contribution < 1.29 is 35.9 Å². The third-order valence-electron chi connectivity index (χ3n) is 8.12. The molecule has 0 unspecified atom stereocenters. The number of nitrogens with one attached hydrogen (secondary N) is 2. The molecule has 1 aliphatic heterocycles. The molecule has 41 heavy (non-hydrogen) atoms. The van der Waals surface area contributed by atoms with Crippen molar-refractivity contribution in [2.75, 3.05) is 6.54 Å². The second kappa shape index (κ2) is 9.84. The van der Waals surface area contributed by atoms with Gasteiger partial charge in [0.2, 0.25) is 15.9 Å². The van der Waals surface area contributed by atoms with Crippen molar-refractivity contribution in [2.24, 2.45) is 10.4 Å². The first-order valence-corrected chi connectivity index (χ1v) is 14.8. The Labute approximate surface area is 239 Å². The minimum atomic E-state index is -4.40. The average molecular weight is 617 g/mol. The van der Waals surface area contributed by atoms with Crippen molar-refractivity contribution in [1.29, 1.82) is 0 Å². The van der Waals surface area contributed by atoms with Crippen molar-refractivity contribution in [3.05, 3.63) is 58.9 Å². The largest absolute Gasteiger partial charge is 0.507 e. The number of alkyl halides is 3. The molecule has 222 valence electrons. The number of phenolic OH excluding ortho intramolecular Hbond substituents is 1. The van der Waals surface area contributed by atoms with E-state index < -0.39 is 69.2 Å². The molecular weight excluding hydrogens is 588 g/mol. The number of halogens is 5. The summed E-state index contributed by atoms with van der Waals surface area (Å²) in [5.74, 6) is -1.22. The van der Waals surface area contributed by atoms with Gasteiger partial charge in [0, 0.05) is 24.0 Å². The lowest BCUT2D eigenvalue weighted by Crippen LogP contribution is -2.78. The van der Waals surface area contributed by atoms with Gasteiger partial charge in [0.25, 0.3) is 0 Å². The molecule has 4 aliphatic rings. The van der Waals surface area contributed by atoms with Gasteiger partial charge in [0.05, 0.1) is 17.0 Å². The lowest BCUT2D eigenvalue weighted by atomic mass is 9.38. The molecule has 3 fully saturated rings. The van der Waals surface area contributed by atoms with Gasteiger partial charge >= 0.3 is 6.18 Å². The lowest BCUT2D eigenvalue weighted by molar-refractivity contribution is -0.151. The van der Waals surface area contributed by atoms with Crippen molar-refractivity contribution in [1.82, 2.24) is 14.9 Å². The van der Waals surface area contributed by atoms with E-state index >= 15 is 0 Å². The van der Waals surface area contributed by atoms with E-state index in [9.17, 15) is 35.9 Å². The van der Waals surface area contributed by atoms with Crippen LogP contribution in [0.25, 0.3) is 0 Å². The summed E-state index contributed by atoms with van der Waals surface area (Å²) in [6, 6.07) is 8.66. The number of aliphatic imine (C=N–C) groups is 1. The number of para-hydroxylation sites is 1. The molecule has 1 atom stereocenters. The van der Waals surface area contributed by atoms with E-state index in [2.05, 4.69) is 15.6 Å².